The van der Waals surface area contributed by atoms with Crippen molar-refractivity contribution in [3.8, 4) is 69.0 Å². The van der Waals surface area contributed by atoms with E-state index >= 15 is 28.8 Å². The average Bonchev–Trinajstić information content (AvgIpc) is 0.757. The summed E-state index contributed by atoms with van der Waals surface area (Å²) in [5, 5.41) is 0. The SMILES string of the molecule is CC(C)(C)c1cc2c(OC(=O)COc3ccccc3)c(c1)Cc1cc(C(C)(C)C)cc(c1OC(=O)COc1ccccc1)Cc1cc(C(C)(C)C)cc(c1OC(=O)COc1ccccc1)Cc1cc(C(C)(C)C)cc(c1OC(=O)COc1ccccc1)Cc1cc(C(C)(C)C)cc(c1OC(=O)COc1ccccc1)Cc1cc(C(C)(C)C)cc(c1OC(=O)COc1ccccc1)C2. The molecule has 0 aliphatic heterocycles. The van der Waals surface area contributed by atoms with Crippen molar-refractivity contribution in [3.05, 3.63) is 355 Å². The molecule has 0 aromatic heterocycles. The lowest BCUT2D eigenvalue weighted by molar-refractivity contribution is -0.137. The number of rotatable bonds is 24. The summed E-state index contributed by atoms with van der Waals surface area (Å²) in [4.78, 5) is 92.2. The maximum atomic E-state index is 15.4. The van der Waals surface area contributed by atoms with Crippen molar-refractivity contribution in [2.75, 3.05) is 39.6 Å². The number of para-hydroxylation sites is 6. The summed E-state index contributed by atoms with van der Waals surface area (Å²) < 4.78 is 79.1. The number of hydrogen-bond donors (Lipinski definition) is 0. The summed E-state index contributed by atoms with van der Waals surface area (Å²) in [6, 6.07) is 78.0. The molecule has 0 amide bonds. The minimum Gasteiger partial charge on any atom is -0.482 e. The molecule has 0 spiro atoms. The minimum atomic E-state index is -0.750. The van der Waals surface area contributed by atoms with E-state index in [0.717, 1.165) is 33.4 Å². The zero-order valence-electron chi connectivity index (χ0n) is 79.1. The van der Waals surface area contributed by atoms with Crippen LogP contribution in [0.3, 0.4) is 0 Å². The van der Waals surface area contributed by atoms with E-state index in [1.807, 2.05) is 182 Å². The van der Waals surface area contributed by atoms with Crippen molar-refractivity contribution in [1.82, 2.24) is 0 Å². The molecular formula is C114H120O18. The second kappa shape index (κ2) is 41.1. The van der Waals surface area contributed by atoms with Gasteiger partial charge in [0, 0.05) is 105 Å². The molecule has 0 heterocycles. The molecule has 18 nitrogen and oxygen atoms in total. The summed E-state index contributed by atoms with van der Waals surface area (Å²) in [5.74, 6) is -1.06. The molecule has 0 saturated carbocycles. The van der Waals surface area contributed by atoms with Gasteiger partial charge in [0.05, 0.1) is 0 Å². The highest BCUT2D eigenvalue weighted by Crippen LogP contribution is 2.48. The van der Waals surface area contributed by atoms with E-state index in [0.29, 0.717) is 101 Å². The van der Waals surface area contributed by atoms with Crippen LogP contribution in [-0.4, -0.2) is 75.5 Å². The fourth-order valence-corrected chi connectivity index (χ4v) is 15.5. The monoisotopic (exact) mass is 1780 g/mol. The van der Waals surface area contributed by atoms with Gasteiger partial charge in [-0.25, -0.2) is 28.8 Å². The normalized spacial score (nSPS) is 12.5. The number of ether oxygens (including phenoxy) is 12. The molecule has 12 aromatic rings. The first-order valence-electron chi connectivity index (χ1n) is 44.9. The third-order valence-corrected chi connectivity index (χ3v) is 22.8. The molecule has 0 saturated heterocycles. The Morgan fingerprint density at radius 1 is 0.182 bits per heavy atom. The van der Waals surface area contributed by atoms with Crippen molar-refractivity contribution >= 4 is 35.8 Å². The zero-order valence-corrected chi connectivity index (χ0v) is 79.1. The predicted molar refractivity (Wildman–Crippen MR) is 513 cm³/mol. The Labute approximate surface area is 776 Å². The van der Waals surface area contributed by atoms with Gasteiger partial charge in [-0.1, -0.05) is 307 Å². The topological polar surface area (TPSA) is 213 Å². The second-order valence-corrected chi connectivity index (χ2v) is 39.8. The standard InChI is InChI=1S/C114H120O18/c1-109(2,3)85-55-73-49-75-57-86(110(4,5)6)59-77(104(75)128-98(116)68-122-92-39-27-20-28-40-92)51-79-61-88(112(10,11)12)63-81(106(79)130-100(118)70-124-94-43-31-22-32-44-94)53-83-65-90(114(16,17)18)66-84(108(83)132-102(120)72-126-96-47-35-24-36-48-96)54-82-64-89(113(13,14)15)62-80(107(82)131-101(119)71-125-95-45-33-23-34-46-95)52-78-60-87(111(7,8)9)58-76(105(78)129-99(117)69-123-93-41-29-21-30-42-93)50-74(56-85)103(73)127-97(115)67-121-91-37-25-19-26-38-91/h19-48,55-66H,49-54,67-72H2,1-18H3. The molecule has 12 bridgehead atoms. The highest BCUT2D eigenvalue weighted by molar-refractivity contribution is 5.81. The van der Waals surface area contributed by atoms with Crippen molar-refractivity contribution in [2.45, 2.75) is 196 Å². The number of benzene rings is 12. The van der Waals surface area contributed by atoms with Gasteiger partial charge in [-0.05, 0) is 139 Å². The summed E-state index contributed by atoms with van der Waals surface area (Å²) >= 11 is 0. The Balaban J connectivity index is 1.17. The van der Waals surface area contributed by atoms with Crippen molar-refractivity contribution in [1.29, 1.82) is 0 Å². The maximum absolute atomic E-state index is 15.4. The van der Waals surface area contributed by atoms with Crippen LogP contribution < -0.4 is 56.8 Å². The third kappa shape index (κ3) is 25.9. The number of fused-ring (bicyclic) bond motifs is 12. The Hall–Kier alpha value is -13.7. The van der Waals surface area contributed by atoms with E-state index in [9.17, 15) is 0 Å². The van der Waals surface area contributed by atoms with Crippen LogP contribution >= 0.6 is 0 Å². The molecule has 132 heavy (non-hydrogen) atoms. The predicted octanol–water partition coefficient (Wildman–Crippen LogP) is 23.2. The maximum Gasteiger partial charge on any atom is 0.349 e. The van der Waals surface area contributed by atoms with Crippen LogP contribution in [0.5, 0.6) is 69.0 Å². The van der Waals surface area contributed by atoms with E-state index in [-0.39, 0.29) is 73.0 Å². The summed E-state index contributed by atoms with van der Waals surface area (Å²) in [6.07, 6.45) is -0.389. The summed E-state index contributed by atoms with van der Waals surface area (Å²) in [5.41, 5.74) is 7.09. The lowest BCUT2D eigenvalue weighted by Gasteiger charge is -2.29. The molecule has 0 radical (unpaired) electrons. The fraction of sp³-hybridized carbons (Fsp3) is 0.316. The van der Waals surface area contributed by atoms with E-state index in [4.69, 9.17) is 56.8 Å². The highest BCUT2D eigenvalue weighted by Gasteiger charge is 2.35. The molecule has 684 valence electrons. The Morgan fingerprint density at radius 2 is 0.288 bits per heavy atom. The molecule has 0 unspecified atom stereocenters. The largest absolute Gasteiger partial charge is 0.482 e. The van der Waals surface area contributed by atoms with Gasteiger partial charge in [-0.3, -0.25) is 0 Å². The van der Waals surface area contributed by atoms with Gasteiger partial charge in [0.2, 0.25) is 0 Å². The minimum absolute atomic E-state index is 0.0648. The van der Waals surface area contributed by atoms with Crippen LogP contribution in [0.2, 0.25) is 0 Å². The summed E-state index contributed by atoms with van der Waals surface area (Å²) in [7, 11) is 0. The molecule has 0 N–H and O–H groups in total. The molecule has 0 atom stereocenters. The third-order valence-electron chi connectivity index (χ3n) is 22.8. The number of carbonyl (C=O) groups excluding carboxylic acids is 6. The van der Waals surface area contributed by atoms with Crippen molar-refractivity contribution < 1.29 is 85.6 Å². The first kappa shape index (κ1) is 95.8. The van der Waals surface area contributed by atoms with E-state index in [1.54, 1.807) is 72.8 Å². The molecule has 1 aliphatic carbocycles. The molecule has 1 aliphatic rings. The van der Waals surface area contributed by atoms with Crippen LogP contribution in [-0.2, 0) is 99.8 Å². The first-order chi connectivity index (χ1) is 62.6. The van der Waals surface area contributed by atoms with E-state index in [1.165, 1.54) is 0 Å². The van der Waals surface area contributed by atoms with Crippen molar-refractivity contribution in [2.24, 2.45) is 0 Å². The second-order valence-electron chi connectivity index (χ2n) is 39.8. The van der Waals surface area contributed by atoms with Crippen molar-refractivity contribution in [3.63, 3.8) is 0 Å². The van der Waals surface area contributed by atoms with Crippen LogP contribution in [0.1, 0.15) is 225 Å². The Morgan fingerprint density at radius 3 is 0.386 bits per heavy atom. The van der Waals surface area contributed by atoms with Crippen LogP contribution in [0.4, 0.5) is 0 Å². The van der Waals surface area contributed by atoms with Crippen LogP contribution in [0, 0.1) is 0 Å². The van der Waals surface area contributed by atoms with Gasteiger partial charge in [0.1, 0.15) is 69.0 Å². The van der Waals surface area contributed by atoms with Gasteiger partial charge in [-0.2, -0.15) is 0 Å². The zero-order chi connectivity index (χ0) is 94.5. The Bertz CT molecular complexity index is 5010. The Kier molecular flexibility index (Phi) is 29.9. The molecule has 18 heteroatoms. The first-order valence-corrected chi connectivity index (χ1v) is 44.9. The fourth-order valence-electron chi connectivity index (χ4n) is 15.5. The lowest BCUT2D eigenvalue weighted by Crippen LogP contribution is -2.23. The number of hydrogen-bond acceptors (Lipinski definition) is 18. The molecule has 12 aromatic carbocycles. The molecular weight excluding hydrogens is 1660 g/mol. The number of esters is 6. The van der Waals surface area contributed by atoms with Gasteiger partial charge in [-0.15, -0.1) is 0 Å². The van der Waals surface area contributed by atoms with E-state index < -0.39 is 108 Å². The number of carbonyl (C=O) groups is 6. The van der Waals surface area contributed by atoms with Gasteiger partial charge >= 0.3 is 35.8 Å². The average molecular weight is 1780 g/mol. The molecule has 13 rings (SSSR count). The van der Waals surface area contributed by atoms with Gasteiger partial charge in [0.25, 0.3) is 0 Å². The van der Waals surface area contributed by atoms with Crippen LogP contribution in [0.15, 0.2) is 255 Å². The summed E-state index contributed by atoms with van der Waals surface area (Å²) in [6.45, 7) is 34.6. The van der Waals surface area contributed by atoms with Gasteiger partial charge < -0.3 is 56.8 Å². The molecule has 0 fully saturated rings. The van der Waals surface area contributed by atoms with E-state index in [2.05, 4.69) is 125 Å². The van der Waals surface area contributed by atoms with Gasteiger partial charge in [0.15, 0.2) is 39.6 Å². The highest BCUT2D eigenvalue weighted by atomic mass is 16.6. The van der Waals surface area contributed by atoms with Crippen LogP contribution in [0.25, 0.3) is 0 Å². The lowest BCUT2D eigenvalue weighted by atomic mass is 9.79. The quantitative estimate of drug-likeness (QED) is 0.0406. The smallest absolute Gasteiger partial charge is 0.349 e.